The van der Waals surface area contributed by atoms with Gasteiger partial charge in [0, 0.05) is 28.5 Å². The number of sulfonamides is 1. The summed E-state index contributed by atoms with van der Waals surface area (Å²) in [5, 5.41) is 0.571. The van der Waals surface area contributed by atoms with Gasteiger partial charge in [0.25, 0.3) is 15.9 Å². The van der Waals surface area contributed by atoms with Crippen LogP contribution in [0.1, 0.15) is 33.5 Å². The minimum atomic E-state index is -3.74. The summed E-state index contributed by atoms with van der Waals surface area (Å²) < 4.78 is 28.6. The number of amides is 1. The standard InChI is InChI=1S/C24H23ClN2O3S/c1-16-12-17(2)14-21(13-16)26-31(29,30)22-9-10-23-19(15-22)4-3-11-27(23)24(28)18-5-7-20(25)8-6-18/h5-10,12-15,26H,3-4,11H2,1-2H3. The molecule has 1 N–H and O–H groups in total. The highest BCUT2D eigenvalue weighted by molar-refractivity contribution is 7.92. The number of halogens is 1. The molecule has 0 atom stereocenters. The van der Waals surface area contributed by atoms with Crippen molar-refractivity contribution in [3.8, 4) is 0 Å². The van der Waals surface area contributed by atoms with Gasteiger partial charge in [-0.3, -0.25) is 9.52 Å². The van der Waals surface area contributed by atoms with Crippen molar-refractivity contribution in [3.05, 3.63) is 87.9 Å². The molecule has 7 heteroatoms. The van der Waals surface area contributed by atoms with Crippen LogP contribution in [-0.4, -0.2) is 20.9 Å². The highest BCUT2D eigenvalue weighted by atomic mass is 35.5. The predicted molar refractivity (Wildman–Crippen MR) is 125 cm³/mol. The lowest BCUT2D eigenvalue weighted by molar-refractivity contribution is 0.0985. The van der Waals surface area contributed by atoms with Crippen LogP contribution >= 0.6 is 11.6 Å². The van der Waals surface area contributed by atoms with E-state index in [0.717, 1.165) is 28.8 Å². The Bertz CT molecular complexity index is 1230. The molecule has 0 unspecified atom stereocenters. The van der Waals surface area contributed by atoms with Gasteiger partial charge in [-0.2, -0.15) is 0 Å². The molecule has 0 saturated carbocycles. The monoisotopic (exact) mass is 454 g/mol. The van der Waals surface area contributed by atoms with Crippen LogP contribution in [0.25, 0.3) is 0 Å². The molecule has 0 fully saturated rings. The lowest BCUT2D eigenvalue weighted by atomic mass is 10.0. The van der Waals surface area contributed by atoms with Crippen molar-refractivity contribution < 1.29 is 13.2 Å². The fourth-order valence-electron chi connectivity index (χ4n) is 3.95. The second-order valence-corrected chi connectivity index (χ2v) is 9.96. The van der Waals surface area contributed by atoms with E-state index in [4.69, 9.17) is 11.6 Å². The zero-order valence-electron chi connectivity index (χ0n) is 17.4. The Labute approximate surface area is 187 Å². The summed E-state index contributed by atoms with van der Waals surface area (Å²) in [6.45, 7) is 4.44. The number of fused-ring (bicyclic) bond motifs is 1. The minimum absolute atomic E-state index is 0.124. The van der Waals surface area contributed by atoms with Crippen LogP contribution < -0.4 is 9.62 Å². The number of benzene rings is 3. The van der Waals surface area contributed by atoms with E-state index in [2.05, 4.69) is 4.72 Å². The Kier molecular flexibility index (Phi) is 5.77. The van der Waals surface area contributed by atoms with E-state index in [-0.39, 0.29) is 10.8 Å². The van der Waals surface area contributed by atoms with Crippen LogP contribution in [-0.2, 0) is 16.4 Å². The quantitative estimate of drug-likeness (QED) is 0.577. The molecule has 1 aliphatic rings. The number of aryl methyl sites for hydroxylation is 3. The maximum atomic E-state index is 13.0. The summed E-state index contributed by atoms with van der Waals surface area (Å²) in [4.78, 5) is 14.9. The summed E-state index contributed by atoms with van der Waals surface area (Å²) in [5.41, 5.74) is 4.65. The average molecular weight is 455 g/mol. The third-order valence-corrected chi connectivity index (χ3v) is 6.92. The molecule has 0 saturated heterocycles. The number of carbonyl (C=O) groups excluding carboxylic acids is 1. The van der Waals surface area contributed by atoms with Crippen LogP contribution in [0.4, 0.5) is 11.4 Å². The smallest absolute Gasteiger partial charge is 0.261 e. The Hall–Kier alpha value is -2.83. The summed E-state index contributed by atoms with van der Waals surface area (Å²) in [5.74, 6) is -0.124. The van der Waals surface area contributed by atoms with E-state index in [1.54, 1.807) is 59.5 Å². The Morgan fingerprint density at radius 3 is 2.32 bits per heavy atom. The van der Waals surface area contributed by atoms with E-state index in [9.17, 15) is 13.2 Å². The van der Waals surface area contributed by atoms with Crippen LogP contribution in [0, 0.1) is 13.8 Å². The number of hydrogen-bond donors (Lipinski definition) is 1. The van der Waals surface area contributed by atoms with Gasteiger partial charge in [-0.1, -0.05) is 17.7 Å². The fourth-order valence-corrected chi connectivity index (χ4v) is 5.16. The summed E-state index contributed by atoms with van der Waals surface area (Å²) >= 11 is 5.93. The molecular weight excluding hydrogens is 432 g/mol. The van der Waals surface area contributed by atoms with Gasteiger partial charge in [0.05, 0.1) is 4.90 Å². The number of nitrogens with zero attached hydrogens (tertiary/aromatic N) is 1. The zero-order chi connectivity index (χ0) is 22.2. The number of rotatable bonds is 4. The van der Waals surface area contributed by atoms with Crippen molar-refractivity contribution in [2.24, 2.45) is 0 Å². The molecule has 5 nitrogen and oxygen atoms in total. The molecule has 0 aromatic heterocycles. The first kappa shape index (κ1) is 21.4. The molecule has 3 aromatic carbocycles. The van der Waals surface area contributed by atoms with Gasteiger partial charge >= 0.3 is 0 Å². The second kappa shape index (κ2) is 8.36. The Morgan fingerprint density at radius 2 is 1.65 bits per heavy atom. The van der Waals surface area contributed by atoms with Gasteiger partial charge in [0.1, 0.15) is 0 Å². The van der Waals surface area contributed by atoms with Crippen molar-refractivity contribution in [1.82, 2.24) is 0 Å². The van der Waals surface area contributed by atoms with Gasteiger partial charge in [0.15, 0.2) is 0 Å². The SMILES string of the molecule is Cc1cc(C)cc(NS(=O)(=O)c2ccc3c(c2)CCCN3C(=O)c2ccc(Cl)cc2)c1. The maximum Gasteiger partial charge on any atom is 0.261 e. The number of carbonyl (C=O) groups is 1. The van der Waals surface area contributed by atoms with Crippen LogP contribution in [0.3, 0.4) is 0 Å². The molecule has 0 bridgehead atoms. The molecule has 1 amide bonds. The van der Waals surface area contributed by atoms with Crippen molar-refractivity contribution in [1.29, 1.82) is 0 Å². The first-order valence-corrected chi connectivity index (χ1v) is 11.9. The molecule has 0 spiro atoms. The number of anilines is 2. The molecule has 0 aliphatic carbocycles. The van der Waals surface area contributed by atoms with Crippen molar-refractivity contribution in [3.63, 3.8) is 0 Å². The van der Waals surface area contributed by atoms with Gasteiger partial charge in [-0.25, -0.2) is 8.42 Å². The topological polar surface area (TPSA) is 66.5 Å². The highest BCUT2D eigenvalue weighted by Crippen LogP contribution is 2.31. The van der Waals surface area contributed by atoms with E-state index < -0.39 is 10.0 Å². The first-order chi connectivity index (χ1) is 14.7. The van der Waals surface area contributed by atoms with Crippen LogP contribution in [0.15, 0.2) is 65.6 Å². The molecule has 1 heterocycles. The van der Waals surface area contributed by atoms with Crippen LogP contribution in [0.2, 0.25) is 5.02 Å². The third-order valence-electron chi connectivity index (χ3n) is 5.29. The van der Waals surface area contributed by atoms with Crippen molar-refractivity contribution >= 4 is 38.9 Å². The lowest BCUT2D eigenvalue weighted by Crippen LogP contribution is -2.35. The Morgan fingerprint density at radius 1 is 0.968 bits per heavy atom. The number of nitrogens with one attached hydrogen (secondary N) is 1. The molecular formula is C24H23ClN2O3S. The van der Waals surface area contributed by atoms with E-state index in [0.29, 0.717) is 29.2 Å². The maximum absolute atomic E-state index is 13.0. The molecule has 4 rings (SSSR count). The lowest BCUT2D eigenvalue weighted by Gasteiger charge is -2.30. The fraction of sp³-hybridized carbons (Fsp3) is 0.208. The summed E-state index contributed by atoms with van der Waals surface area (Å²) in [6.07, 6.45) is 1.48. The normalized spacial score (nSPS) is 13.6. The van der Waals surface area contributed by atoms with Gasteiger partial charge in [-0.05, 0) is 98.0 Å². The Balaban J connectivity index is 1.63. The van der Waals surface area contributed by atoms with E-state index >= 15 is 0 Å². The largest absolute Gasteiger partial charge is 0.308 e. The summed E-state index contributed by atoms with van der Waals surface area (Å²) in [7, 11) is -3.74. The zero-order valence-corrected chi connectivity index (χ0v) is 18.9. The minimum Gasteiger partial charge on any atom is -0.308 e. The predicted octanol–water partition coefficient (Wildman–Crippen LogP) is 5.35. The molecule has 31 heavy (non-hydrogen) atoms. The average Bonchev–Trinajstić information content (AvgIpc) is 2.72. The highest BCUT2D eigenvalue weighted by Gasteiger charge is 2.25. The van der Waals surface area contributed by atoms with Gasteiger partial charge < -0.3 is 4.90 Å². The first-order valence-electron chi connectivity index (χ1n) is 10.0. The van der Waals surface area contributed by atoms with Crippen LogP contribution in [0.5, 0.6) is 0 Å². The molecule has 160 valence electrons. The molecule has 3 aromatic rings. The van der Waals surface area contributed by atoms with E-state index in [1.165, 1.54) is 0 Å². The van der Waals surface area contributed by atoms with Crippen molar-refractivity contribution in [2.45, 2.75) is 31.6 Å². The molecule has 0 radical (unpaired) electrons. The number of hydrogen-bond acceptors (Lipinski definition) is 3. The van der Waals surface area contributed by atoms with E-state index in [1.807, 2.05) is 19.9 Å². The third kappa shape index (κ3) is 4.60. The van der Waals surface area contributed by atoms with Gasteiger partial charge in [-0.15, -0.1) is 0 Å². The molecule has 1 aliphatic heterocycles. The summed E-state index contributed by atoms with van der Waals surface area (Å²) in [6, 6.07) is 17.3. The van der Waals surface area contributed by atoms with Gasteiger partial charge in [0.2, 0.25) is 0 Å². The van der Waals surface area contributed by atoms with Crippen molar-refractivity contribution in [2.75, 3.05) is 16.2 Å². The second-order valence-electron chi connectivity index (χ2n) is 7.84.